The number of nitrogens with zero attached hydrogens (tertiary/aromatic N) is 3. The van der Waals surface area contributed by atoms with Gasteiger partial charge < -0.3 is 9.84 Å². The molecule has 110 valence electrons. The summed E-state index contributed by atoms with van der Waals surface area (Å²) in [6.07, 6.45) is 1.09. The van der Waals surface area contributed by atoms with E-state index >= 15 is 0 Å². The van der Waals surface area contributed by atoms with Crippen LogP contribution >= 0.6 is 0 Å². The molecule has 1 fully saturated rings. The molecule has 0 saturated carbocycles. The standard InChI is InChI=1S/C12H18N4O4/c1-12(2,3)20-11(19)16-6-4-5-7(16)8-13-9(10(17)18)15-14-8/h7H,4-6H2,1-3H3,(H,17,18)(H,13,14,15). The highest BCUT2D eigenvalue weighted by Gasteiger charge is 2.35. The number of carboxylic acids is 1. The van der Waals surface area contributed by atoms with Crippen LogP contribution in [0.25, 0.3) is 0 Å². The highest BCUT2D eigenvalue weighted by Crippen LogP contribution is 2.31. The molecule has 0 radical (unpaired) electrons. The van der Waals surface area contributed by atoms with Crippen molar-refractivity contribution >= 4 is 12.1 Å². The van der Waals surface area contributed by atoms with Crippen LogP contribution in [-0.4, -0.2) is 49.4 Å². The highest BCUT2D eigenvalue weighted by atomic mass is 16.6. The molecule has 1 aromatic rings. The summed E-state index contributed by atoms with van der Waals surface area (Å²) >= 11 is 0. The smallest absolute Gasteiger partial charge is 0.410 e. The van der Waals surface area contributed by atoms with Crippen LogP contribution in [0.3, 0.4) is 0 Å². The molecule has 0 spiro atoms. The average molecular weight is 282 g/mol. The first-order valence-corrected chi connectivity index (χ1v) is 6.43. The number of rotatable bonds is 2. The molecule has 1 saturated heterocycles. The predicted molar refractivity (Wildman–Crippen MR) is 68.3 cm³/mol. The van der Waals surface area contributed by atoms with E-state index in [2.05, 4.69) is 15.2 Å². The molecule has 1 aromatic heterocycles. The van der Waals surface area contributed by atoms with Crippen molar-refractivity contribution < 1.29 is 19.4 Å². The lowest BCUT2D eigenvalue weighted by molar-refractivity contribution is 0.0218. The molecule has 2 heterocycles. The molecule has 8 nitrogen and oxygen atoms in total. The van der Waals surface area contributed by atoms with Gasteiger partial charge in [0.05, 0.1) is 6.04 Å². The van der Waals surface area contributed by atoms with E-state index in [1.807, 2.05) is 0 Å². The Morgan fingerprint density at radius 3 is 2.70 bits per heavy atom. The molecule has 8 heteroatoms. The van der Waals surface area contributed by atoms with Gasteiger partial charge in [-0.2, -0.15) is 0 Å². The lowest BCUT2D eigenvalue weighted by Gasteiger charge is -2.27. The summed E-state index contributed by atoms with van der Waals surface area (Å²) in [5.41, 5.74) is -0.572. The third-order valence-corrected chi connectivity index (χ3v) is 2.89. The number of hydrogen-bond acceptors (Lipinski definition) is 5. The zero-order chi connectivity index (χ0) is 14.9. The number of amides is 1. The van der Waals surface area contributed by atoms with Gasteiger partial charge in [-0.3, -0.25) is 10.00 Å². The Balaban J connectivity index is 2.14. The third kappa shape index (κ3) is 3.06. The zero-order valence-electron chi connectivity index (χ0n) is 11.7. The first kappa shape index (κ1) is 14.3. The lowest BCUT2D eigenvalue weighted by Crippen LogP contribution is -2.36. The molecule has 0 bridgehead atoms. The van der Waals surface area contributed by atoms with Crippen LogP contribution in [-0.2, 0) is 4.74 Å². The number of aromatic carboxylic acids is 1. The van der Waals surface area contributed by atoms with Crippen LogP contribution in [0.5, 0.6) is 0 Å². The number of H-pyrrole nitrogens is 1. The van der Waals surface area contributed by atoms with E-state index in [0.29, 0.717) is 18.8 Å². The number of likely N-dealkylation sites (tertiary alicyclic amines) is 1. The molecular weight excluding hydrogens is 264 g/mol. The molecule has 0 aromatic carbocycles. The maximum atomic E-state index is 12.1. The van der Waals surface area contributed by atoms with Crippen LogP contribution in [0, 0.1) is 0 Å². The van der Waals surface area contributed by atoms with Crippen molar-refractivity contribution in [2.45, 2.75) is 45.3 Å². The average Bonchev–Trinajstić information content (AvgIpc) is 2.95. The molecule has 1 aliphatic heterocycles. The minimum atomic E-state index is -1.20. The summed E-state index contributed by atoms with van der Waals surface area (Å²) in [5.74, 6) is -1.11. The number of nitrogens with one attached hydrogen (secondary N) is 1. The van der Waals surface area contributed by atoms with Crippen LogP contribution in [0.4, 0.5) is 4.79 Å². The second-order valence-corrected chi connectivity index (χ2v) is 5.68. The minimum absolute atomic E-state index is 0.295. The molecule has 20 heavy (non-hydrogen) atoms. The molecular formula is C12H18N4O4. The fourth-order valence-electron chi connectivity index (χ4n) is 2.11. The van der Waals surface area contributed by atoms with Crippen molar-refractivity contribution in [2.75, 3.05) is 6.54 Å². The normalized spacial score (nSPS) is 19.1. The topological polar surface area (TPSA) is 108 Å². The summed E-state index contributed by atoms with van der Waals surface area (Å²) in [6, 6.07) is -0.314. The fraction of sp³-hybridized carbons (Fsp3) is 0.667. The predicted octanol–water partition coefficient (Wildman–Crippen LogP) is 1.57. The van der Waals surface area contributed by atoms with Crippen LogP contribution in [0.2, 0.25) is 0 Å². The Morgan fingerprint density at radius 2 is 2.15 bits per heavy atom. The van der Waals surface area contributed by atoms with Crippen molar-refractivity contribution in [3.63, 3.8) is 0 Å². The Morgan fingerprint density at radius 1 is 1.45 bits per heavy atom. The van der Waals surface area contributed by atoms with Gasteiger partial charge >= 0.3 is 12.1 Å². The summed E-state index contributed by atoms with van der Waals surface area (Å²) in [5, 5.41) is 15.0. The van der Waals surface area contributed by atoms with Gasteiger partial charge in [-0.05, 0) is 33.6 Å². The maximum absolute atomic E-state index is 12.1. The number of carboxylic acid groups (broad SMARTS) is 1. The van der Waals surface area contributed by atoms with Gasteiger partial charge in [-0.15, -0.1) is 5.10 Å². The van der Waals surface area contributed by atoms with Gasteiger partial charge in [-0.25, -0.2) is 14.6 Å². The number of aromatic amines is 1. The molecule has 1 aliphatic rings. The van der Waals surface area contributed by atoms with Gasteiger partial charge in [0.2, 0.25) is 0 Å². The molecule has 1 unspecified atom stereocenters. The maximum Gasteiger partial charge on any atom is 0.410 e. The third-order valence-electron chi connectivity index (χ3n) is 2.89. The van der Waals surface area contributed by atoms with Gasteiger partial charge in [0, 0.05) is 6.54 Å². The van der Waals surface area contributed by atoms with Crippen LogP contribution < -0.4 is 0 Å². The van der Waals surface area contributed by atoms with Crippen molar-refractivity contribution in [2.24, 2.45) is 0 Å². The summed E-state index contributed by atoms with van der Waals surface area (Å²) in [6.45, 7) is 5.95. The Labute approximate surface area is 116 Å². The Kier molecular flexibility index (Phi) is 3.65. The van der Waals surface area contributed by atoms with E-state index in [-0.39, 0.29) is 11.9 Å². The summed E-state index contributed by atoms with van der Waals surface area (Å²) in [7, 11) is 0. The quantitative estimate of drug-likeness (QED) is 0.852. The van der Waals surface area contributed by atoms with E-state index in [1.54, 1.807) is 25.7 Å². The molecule has 2 N–H and O–H groups in total. The fourth-order valence-corrected chi connectivity index (χ4v) is 2.11. The van der Waals surface area contributed by atoms with E-state index in [9.17, 15) is 9.59 Å². The minimum Gasteiger partial charge on any atom is -0.475 e. The van der Waals surface area contributed by atoms with E-state index in [1.165, 1.54) is 0 Å². The Hall–Kier alpha value is -2.12. The number of hydrogen-bond donors (Lipinski definition) is 2. The van der Waals surface area contributed by atoms with Gasteiger partial charge in [0.15, 0.2) is 0 Å². The van der Waals surface area contributed by atoms with Gasteiger partial charge in [0.25, 0.3) is 5.82 Å². The number of ether oxygens (including phenoxy) is 1. The first-order valence-electron chi connectivity index (χ1n) is 6.43. The largest absolute Gasteiger partial charge is 0.475 e. The van der Waals surface area contributed by atoms with E-state index in [0.717, 1.165) is 6.42 Å². The monoisotopic (exact) mass is 282 g/mol. The van der Waals surface area contributed by atoms with Crippen molar-refractivity contribution in [1.29, 1.82) is 0 Å². The number of carbonyl (C=O) groups excluding carboxylic acids is 1. The van der Waals surface area contributed by atoms with Crippen molar-refractivity contribution in [1.82, 2.24) is 20.1 Å². The molecule has 0 aliphatic carbocycles. The SMILES string of the molecule is CC(C)(C)OC(=O)N1CCCC1c1nc(C(=O)O)n[nH]1. The molecule has 1 atom stereocenters. The number of aromatic nitrogens is 3. The van der Waals surface area contributed by atoms with Gasteiger partial charge in [-0.1, -0.05) is 0 Å². The van der Waals surface area contributed by atoms with E-state index < -0.39 is 17.7 Å². The Bertz CT molecular complexity index is 520. The summed E-state index contributed by atoms with van der Waals surface area (Å²) in [4.78, 5) is 28.4. The second-order valence-electron chi connectivity index (χ2n) is 5.68. The molecule has 2 rings (SSSR count). The van der Waals surface area contributed by atoms with Gasteiger partial charge in [0.1, 0.15) is 11.4 Å². The zero-order valence-corrected chi connectivity index (χ0v) is 11.7. The van der Waals surface area contributed by atoms with E-state index in [4.69, 9.17) is 9.84 Å². The number of carbonyl (C=O) groups is 2. The summed E-state index contributed by atoms with van der Waals surface area (Å²) < 4.78 is 5.34. The first-order chi connectivity index (χ1) is 9.28. The van der Waals surface area contributed by atoms with Crippen LogP contribution in [0.1, 0.15) is 56.1 Å². The second kappa shape index (κ2) is 5.10. The van der Waals surface area contributed by atoms with Crippen molar-refractivity contribution in [3.8, 4) is 0 Å². The highest BCUT2D eigenvalue weighted by molar-refractivity contribution is 5.82. The lowest BCUT2D eigenvalue weighted by atomic mass is 10.2. The van der Waals surface area contributed by atoms with Crippen molar-refractivity contribution in [3.05, 3.63) is 11.6 Å². The van der Waals surface area contributed by atoms with Crippen LogP contribution in [0.15, 0.2) is 0 Å². The molecule has 1 amide bonds.